The standard InChI is InChI=1S/C10H18O4/c11-8-9(12)6-4-2-1-3-5-7-10(13)14/h5,7,9,11-12H,1-4,6,8H2,(H,13,14)/t9-/m0/s1. The van der Waals surface area contributed by atoms with Gasteiger partial charge in [0.1, 0.15) is 0 Å². The van der Waals surface area contributed by atoms with Gasteiger partial charge in [0.25, 0.3) is 0 Å². The zero-order chi connectivity index (χ0) is 10.8. The lowest BCUT2D eigenvalue weighted by atomic mass is 10.1. The van der Waals surface area contributed by atoms with Crippen LogP contribution in [0.4, 0.5) is 0 Å². The van der Waals surface area contributed by atoms with Crippen molar-refractivity contribution >= 4 is 5.97 Å². The number of hydrogen-bond acceptors (Lipinski definition) is 3. The molecule has 4 nitrogen and oxygen atoms in total. The summed E-state index contributed by atoms with van der Waals surface area (Å²) in [7, 11) is 0. The predicted octanol–water partition coefficient (Wildman–Crippen LogP) is 0.931. The van der Waals surface area contributed by atoms with E-state index in [0.29, 0.717) is 6.42 Å². The van der Waals surface area contributed by atoms with E-state index in [2.05, 4.69) is 0 Å². The minimum absolute atomic E-state index is 0.182. The number of hydrogen-bond donors (Lipinski definition) is 3. The molecule has 0 saturated heterocycles. The summed E-state index contributed by atoms with van der Waals surface area (Å²) < 4.78 is 0. The molecule has 0 rings (SSSR count). The molecular weight excluding hydrogens is 184 g/mol. The van der Waals surface area contributed by atoms with Gasteiger partial charge in [0.15, 0.2) is 0 Å². The lowest BCUT2D eigenvalue weighted by Gasteiger charge is -2.05. The molecule has 0 aliphatic rings. The second-order valence-electron chi connectivity index (χ2n) is 3.22. The van der Waals surface area contributed by atoms with E-state index in [1.807, 2.05) is 0 Å². The van der Waals surface area contributed by atoms with Crippen LogP contribution in [-0.4, -0.2) is 34.0 Å². The number of carboxylic acids is 1. The van der Waals surface area contributed by atoms with Crippen molar-refractivity contribution in [2.24, 2.45) is 0 Å². The molecule has 0 bridgehead atoms. The fourth-order valence-corrected chi connectivity index (χ4v) is 1.09. The number of allylic oxidation sites excluding steroid dienone is 1. The molecule has 0 aromatic rings. The molecule has 1 atom stereocenters. The van der Waals surface area contributed by atoms with Crippen molar-refractivity contribution in [2.75, 3.05) is 6.61 Å². The van der Waals surface area contributed by atoms with Gasteiger partial charge >= 0.3 is 5.97 Å². The monoisotopic (exact) mass is 202 g/mol. The van der Waals surface area contributed by atoms with E-state index in [0.717, 1.165) is 31.8 Å². The molecule has 0 aliphatic carbocycles. The van der Waals surface area contributed by atoms with Crippen molar-refractivity contribution in [3.63, 3.8) is 0 Å². The molecule has 0 unspecified atom stereocenters. The number of unbranched alkanes of at least 4 members (excludes halogenated alkanes) is 3. The minimum Gasteiger partial charge on any atom is -0.478 e. The van der Waals surface area contributed by atoms with Gasteiger partial charge in [0, 0.05) is 6.08 Å². The third kappa shape index (κ3) is 9.22. The lowest BCUT2D eigenvalue weighted by Crippen LogP contribution is -2.10. The largest absolute Gasteiger partial charge is 0.478 e. The topological polar surface area (TPSA) is 77.8 Å². The summed E-state index contributed by atoms with van der Waals surface area (Å²) in [5.41, 5.74) is 0. The number of carboxylic acid groups (broad SMARTS) is 1. The molecule has 0 radical (unpaired) electrons. The van der Waals surface area contributed by atoms with Crippen molar-refractivity contribution in [2.45, 2.75) is 38.2 Å². The highest BCUT2D eigenvalue weighted by molar-refractivity contribution is 5.79. The molecule has 0 amide bonds. The van der Waals surface area contributed by atoms with Crippen LogP contribution in [0.25, 0.3) is 0 Å². The Hall–Kier alpha value is -0.870. The summed E-state index contributed by atoms with van der Waals surface area (Å²) in [5, 5.41) is 25.8. The third-order valence-corrected chi connectivity index (χ3v) is 1.88. The maximum atomic E-state index is 10.1. The van der Waals surface area contributed by atoms with Crippen molar-refractivity contribution in [3.8, 4) is 0 Å². The highest BCUT2D eigenvalue weighted by Crippen LogP contribution is 2.05. The first-order valence-corrected chi connectivity index (χ1v) is 4.85. The van der Waals surface area contributed by atoms with E-state index in [-0.39, 0.29) is 6.61 Å². The average Bonchev–Trinajstić information content (AvgIpc) is 2.15. The molecule has 0 aromatic heterocycles. The molecule has 4 heteroatoms. The van der Waals surface area contributed by atoms with Crippen molar-refractivity contribution in [1.82, 2.24) is 0 Å². The van der Waals surface area contributed by atoms with Gasteiger partial charge in [-0.3, -0.25) is 0 Å². The Bertz CT molecular complexity index is 177. The van der Waals surface area contributed by atoms with Gasteiger partial charge in [-0.2, -0.15) is 0 Å². The molecule has 82 valence electrons. The number of carbonyl (C=O) groups is 1. The summed E-state index contributed by atoms with van der Waals surface area (Å²) in [6.07, 6.45) is 6.25. The van der Waals surface area contributed by atoms with Crippen LogP contribution in [-0.2, 0) is 4.79 Å². The Morgan fingerprint density at radius 2 is 2.00 bits per heavy atom. The number of rotatable bonds is 8. The number of aliphatic carboxylic acids is 1. The zero-order valence-electron chi connectivity index (χ0n) is 8.22. The normalized spacial score (nSPS) is 13.3. The van der Waals surface area contributed by atoms with Gasteiger partial charge in [-0.1, -0.05) is 18.9 Å². The maximum absolute atomic E-state index is 10.1. The van der Waals surface area contributed by atoms with Crippen LogP contribution in [0.1, 0.15) is 32.1 Å². The Morgan fingerprint density at radius 3 is 2.57 bits per heavy atom. The van der Waals surface area contributed by atoms with Crippen molar-refractivity contribution < 1.29 is 20.1 Å². The molecule has 0 fully saturated rings. The van der Waals surface area contributed by atoms with E-state index in [1.54, 1.807) is 6.08 Å². The summed E-state index contributed by atoms with van der Waals surface area (Å²) in [5.74, 6) is -0.916. The molecule has 0 saturated carbocycles. The second-order valence-corrected chi connectivity index (χ2v) is 3.22. The average molecular weight is 202 g/mol. The van der Waals surface area contributed by atoms with Crippen LogP contribution < -0.4 is 0 Å². The smallest absolute Gasteiger partial charge is 0.327 e. The van der Waals surface area contributed by atoms with Gasteiger partial charge < -0.3 is 15.3 Å². The quantitative estimate of drug-likeness (QED) is 0.404. The fraction of sp³-hybridized carbons (Fsp3) is 0.700. The molecular formula is C10H18O4. The second kappa shape index (κ2) is 8.72. The van der Waals surface area contributed by atoms with E-state index in [1.165, 1.54) is 0 Å². The van der Waals surface area contributed by atoms with E-state index in [9.17, 15) is 4.79 Å². The highest BCUT2D eigenvalue weighted by Gasteiger charge is 1.99. The molecule has 0 heterocycles. The van der Waals surface area contributed by atoms with E-state index in [4.69, 9.17) is 15.3 Å². The van der Waals surface area contributed by atoms with Crippen LogP contribution in [0.15, 0.2) is 12.2 Å². The Balaban J connectivity index is 3.18. The van der Waals surface area contributed by atoms with Crippen LogP contribution >= 0.6 is 0 Å². The summed E-state index contributed by atoms with van der Waals surface area (Å²) in [6, 6.07) is 0. The van der Waals surface area contributed by atoms with Gasteiger partial charge in [-0.05, 0) is 19.3 Å². The third-order valence-electron chi connectivity index (χ3n) is 1.88. The van der Waals surface area contributed by atoms with Crippen molar-refractivity contribution in [1.29, 1.82) is 0 Å². The van der Waals surface area contributed by atoms with Crippen LogP contribution in [0.3, 0.4) is 0 Å². The van der Waals surface area contributed by atoms with Gasteiger partial charge in [-0.25, -0.2) is 4.79 Å². The molecule has 0 aliphatic heterocycles. The molecule has 0 spiro atoms. The fourth-order valence-electron chi connectivity index (χ4n) is 1.09. The zero-order valence-corrected chi connectivity index (χ0v) is 8.22. The van der Waals surface area contributed by atoms with Crippen molar-refractivity contribution in [3.05, 3.63) is 12.2 Å². The van der Waals surface area contributed by atoms with Crippen LogP contribution in [0, 0.1) is 0 Å². The predicted molar refractivity (Wildman–Crippen MR) is 53.0 cm³/mol. The Morgan fingerprint density at radius 1 is 1.29 bits per heavy atom. The first-order valence-electron chi connectivity index (χ1n) is 4.85. The van der Waals surface area contributed by atoms with Gasteiger partial charge in [0.05, 0.1) is 12.7 Å². The summed E-state index contributed by atoms with van der Waals surface area (Å²) >= 11 is 0. The summed E-state index contributed by atoms with van der Waals surface area (Å²) in [4.78, 5) is 10.1. The van der Waals surface area contributed by atoms with E-state index < -0.39 is 12.1 Å². The van der Waals surface area contributed by atoms with Crippen LogP contribution in [0.5, 0.6) is 0 Å². The first kappa shape index (κ1) is 13.1. The number of aliphatic hydroxyl groups is 2. The molecule has 3 N–H and O–H groups in total. The SMILES string of the molecule is O=C(O)C=CCCCCC[C@H](O)CO. The summed E-state index contributed by atoms with van der Waals surface area (Å²) in [6.45, 7) is -0.182. The lowest BCUT2D eigenvalue weighted by molar-refractivity contribution is -0.131. The molecule has 0 aromatic carbocycles. The molecule has 14 heavy (non-hydrogen) atoms. The highest BCUT2D eigenvalue weighted by atomic mass is 16.4. The van der Waals surface area contributed by atoms with Crippen LogP contribution in [0.2, 0.25) is 0 Å². The van der Waals surface area contributed by atoms with Gasteiger partial charge in [-0.15, -0.1) is 0 Å². The Labute approximate surface area is 83.9 Å². The maximum Gasteiger partial charge on any atom is 0.327 e. The Kier molecular flexibility index (Phi) is 8.17. The number of aliphatic hydroxyl groups excluding tert-OH is 2. The minimum atomic E-state index is -0.916. The van der Waals surface area contributed by atoms with E-state index >= 15 is 0 Å². The van der Waals surface area contributed by atoms with Gasteiger partial charge in [0.2, 0.25) is 0 Å². The first-order chi connectivity index (χ1) is 6.66.